The number of hydrogen-bond donors (Lipinski definition) is 2. The maximum Gasteiger partial charge on any atom is 0.137 e. The number of hydrogen-bond acceptors (Lipinski definition) is 3. The third kappa shape index (κ3) is 2.33. The molecule has 0 atom stereocenters. The first-order valence-corrected chi connectivity index (χ1v) is 6.10. The van der Waals surface area contributed by atoms with Crippen molar-refractivity contribution >= 4 is 5.69 Å². The molecule has 3 aromatic rings. The van der Waals surface area contributed by atoms with Crippen molar-refractivity contribution in [2.45, 2.75) is 0 Å². The average Bonchev–Trinajstić information content (AvgIpc) is 2.98. The van der Waals surface area contributed by atoms with Crippen LogP contribution in [0.5, 0.6) is 0 Å². The minimum absolute atomic E-state index is 0.857. The normalized spacial score (nSPS) is 10.4. The van der Waals surface area contributed by atoms with Crippen LogP contribution in [0.3, 0.4) is 0 Å². The van der Waals surface area contributed by atoms with Gasteiger partial charge in [0.1, 0.15) is 5.82 Å². The highest BCUT2D eigenvalue weighted by Gasteiger charge is 2.05. The lowest BCUT2D eigenvalue weighted by Crippen LogP contribution is -1.88. The zero-order valence-electron chi connectivity index (χ0n) is 10.6. The molecule has 0 amide bonds. The Morgan fingerprint density at radius 1 is 1.05 bits per heavy atom. The number of anilines is 1. The third-order valence-electron chi connectivity index (χ3n) is 2.97. The Morgan fingerprint density at radius 3 is 2.74 bits per heavy atom. The third-order valence-corrected chi connectivity index (χ3v) is 2.97. The van der Waals surface area contributed by atoms with Gasteiger partial charge in [-0.25, -0.2) is 4.98 Å². The van der Waals surface area contributed by atoms with E-state index in [1.54, 1.807) is 6.20 Å². The standard InChI is InChI=1S/C15H14N4/c1-16-13-6-2-4-11(8-13)15-18-10-14(19-15)12-5-3-7-17-9-12/h2-10,16H,1H3,(H,18,19). The lowest BCUT2D eigenvalue weighted by molar-refractivity contribution is 1.29. The lowest BCUT2D eigenvalue weighted by Gasteiger charge is -2.02. The first-order valence-electron chi connectivity index (χ1n) is 6.10. The molecular weight excluding hydrogens is 236 g/mol. The van der Waals surface area contributed by atoms with Crippen LogP contribution < -0.4 is 5.32 Å². The number of nitrogens with one attached hydrogen (secondary N) is 2. The van der Waals surface area contributed by atoms with Crippen LogP contribution >= 0.6 is 0 Å². The Labute approximate surface area is 111 Å². The molecule has 94 valence electrons. The predicted molar refractivity (Wildman–Crippen MR) is 76.8 cm³/mol. The molecule has 0 radical (unpaired) electrons. The van der Waals surface area contributed by atoms with Crippen LogP contribution in [0.15, 0.2) is 55.0 Å². The minimum atomic E-state index is 0.857. The topological polar surface area (TPSA) is 53.6 Å². The first kappa shape index (κ1) is 11.5. The summed E-state index contributed by atoms with van der Waals surface area (Å²) in [5, 5.41) is 3.12. The summed E-state index contributed by atoms with van der Waals surface area (Å²) in [6, 6.07) is 12.0. The number of imidazole rings is 1. The molecule has 0 aliphatic carbocycles. The van der Waals surface area contributed by atoms with Crippen LogP contribution in [-0.2, 0) is 0 Å². The largest absolute Gasteiger partial charge is 0.388 e. The van der Waals surface area contributed by atoms with Gasteiger partial charge in [0.15, 0.2) is 0 Å². The summed E-state index contributed by atoms with van der Waals surface area (Å²) in [5.74, 6) is 0.857. The molecule has 0 fully saturated rings. The van der Waals surface area contributed by atoms with Crippen LogP contribution in [-0.4, -0.2) is 22.0 Å². The fourth-order valence-electron chi connectivity index (χ4n) is 1.96. The second-order valence-corrected chi connectivity index (χ2v) is 4.22. The van der Waals surface area contributed by atoms with Crippen LogP contribution in [0.1, 0.15) is 0 Å². The number of pyridine rings is 1. The fraction of sp³-hybridized carbons (Fsp3) is 0.0667. The summed E-state index contributed by atoms with van der Waals surface area (Å²) in [5.41, 5.74) is 4.13. The van der Waals surface area contributed by atoms with E-state index in [1.165, 1.54) is 0 Å². The maximum atomic E-state index is 4.43. The summed E-state index contributed by atoms with van der Waals surface area (Å²) >= 11 is 0. The van der Waals surface area contributed by atoms with Crippen molar-refractivity contribution < 1.29 is 0 Å². The van der Waals surface area contributed by atoms with Gasteiger partial charge in [-0.05, 0) is 24.3 Å². The van der Waals surface area contributed by atoms with Crippen molar-refractivity contribution in [1.29, 1.82) is 0 Å². The zero-order valence-corrected chi connectivity index (χ0v) is 10.6. The molecule has 0 unspecified atom stereocenters. The number of benzene rings is 1. The SMILES string of the molecule is CNc1cccc(-c2ncc(-c3cccnc3)[nH]2)c1. The van der Waals surface area contributed by atoms with E-state index < -0.39 is 0 Å². The molecule has 0 bridgehead atoms. The molecule has 0 saturated carbocycles. The van der Waals surface area contributed by atoms with Gasteiger partial charge >= 0.3 is 0 Å². The van der Waals surface area contributed by atoms with E-state index in [1.807, 2.05) is 49.8 Å². The highest BCUT2D eigenvalue weighted by Crippen LogP contribution is 2.23. The van der Waals surface area contributed by atoms with Gasteiger partial charge in [-0.1, -0.05) is 12.1 Å². The van der Waals surface area contributed by atoms with E-state index in [-0.39, 0.29) is 0 Å². The van der Waals surface area contributed by atoms with Crippen molar-refractivity contribution in [1.82, 2.24) is 15.0 Å². The highest BCUT2D eigenvalue weighted by atomic mass is 14.9. The molecule has 3 rings (SSSR count). The Morgan fingerprint density at radius 2 is 1.95 bits per heavy atom. The highest BCUT2D eigenvalue weighted by molar-refractivity contribution is 5.66. The molecule has 4 heteroatoms. The predicted octanol–water partition coefficient (Wildman–Crippen LogP) is 3.18. The summed E-state index contributed by atoms with van der Waals surface area (Å²) in [7, 11) is 1.91. The smallest absolute Gasteiger partial charge is 0.137 e. The van der Waals surface area contributed by atoms with Crippen LogP contribution in [0, 0.1) is 0 Å². The van der Waals surface area contributed by atoms with Crippen molar-refractivity contribution in [2.75, 3.05) is 12.4 Å². The quantitative estimate of drug-likeness (QED) is 0.750. The molecule has 0 aliphatic rings. The molecule has 0 saturated heterocycles. The molecule has 2 heterocycles. The molecule has 4 nitrogen and oxygen atoms in total. The van der Waals surface area contributed by atoms with Gasteiger partial charge in [-0.3, -0.25) is 4.98 Å². The van der Waals surface area contributed by atoms with Gasteiger partial charge in [0.2, 0.25) is 0 Å². The lowest BCUT2D eigenvalue weighted by atomic mass is 10.2. The molecule has 0 aliphatic heterocycles. The van der Waals surface area contributed by atoms with Crippen molar-refractivity contribution in [3.8, 4) is 22.6 Å². The molecule has 2 aromatic heterocycles. The number of H-pyrrole nitrogens is 1. The van der Waals surface area contributed by atoms with Crippen LogP contribution in [0.25, 0.3) is 22.6 Å². The van der Waals surface area contributed by atoms with Crippen molar-refractivity contribution in [3.63, 3.8) is 0 Å². The van der Waals surface area contributed by atoms with Gasteiger partial charge in [-0.15, -0.1) is 0 Å². The van der Waals surface area contributed by atoms with E-state index in [9.17, 15) is 0 Å². The van der Waals surface area contributed by atoms with Gasteiger partial charge in [0, 0.05) is 36.3 Å². The van der Waals surface area contributed by atoms with Gasteiger partial charge in [0.05, 0.1) is 11.9 Å². The summed E-state index contributed by atoms with van der Waals surface area (Å²) in [4.78, 5) is 11.9. The van der Waals surface area contributed by atoms with Crippen molar-refractivity contribution in [3.05, 3.63) is 55.0 Å². The Kier molecular flexibility index (Phi) is 2.98. The van der Waals surface area contributed by atoms with E-state index in [2.05, 4.69) is 26.3 Å². The molecule has 19 heavy (non-hydrogen) atoms. The first-order chi connectivity index (χ1) is 9.36. The molecule has 1 aromatic carbocycles. The van der Waals surface area contributed by atoms with E-state index in [0.29, 0.717) is 0 Å². The number of aromatic amines is 1. The maximum absolute atomic E-state index is 4.43. The van der Waals surface area contributed by atoms with E-state index in [0.717, 1.165) is 28.3 Å². The molecule has 0 spiro atoms. The van der Waals surface area contributed by atoms with E-state index in [4.69, 9.17) is 0 Å². The summed E-state index contributed by atoms with van der Waals surface area (Å²) in [6.45, 7) is 0. The second-order valence-electron chi connectivity index (χ2n) is 4.22. The Bertz CT molecular complexity index is 673. The van der Waals surface area contributed by atoms with Gasteiger partial charge in [0.25, 0.3) is 0 Å². The number of rotatable bonds is 3. The Balaban J connectivity index is 1.97. The molecular formula is C15H14N4. The number of aromatic nitrogens is 3. The van der Waals surface area contributed by atoms with E-state index >= 15 is 0 Å². The second kappa shape index (κ2) is 4.94. The summed E-state index contributed by atoms with van der Waals surface area (Å²) < 4.78 is 0. The number of nitrogens with zero attached hydrogens (tertiary/aromatic N) is 2. The zero-order chi connectivity index (χ0) is 13.1. The Hall–Kier alpha value is -2.62. The monoisotopic (exact) mass is 250 g/mol. The van der Waals surface area contributed by atoms with Crippen LogP contribution in [0.2, 0.25) is 0 Å². The van der Waals surface area contributed by atoms with Gasteiger partial charge < -0.3 is 10.3 Å². The van der Waals surface area contributed by atoms with Gasteiger partial charge in [-0.2, -0.15) is 0 Å². The van der Waals surface area contributed by atoms with Crippen molar-refractivity contribution in [2.24, 2.45) is 0 Å². The average molecular weight is 250 g/mol. The fourth-order valence-corrected chi connectivity index (χ4v) is 1.96. The van der Waals surface area contributed by atoms with Crippen LogP contribution in [0.4, 0.5) is 5.69 Å². The molecule has 2 N–H and O–H groups in total. The minimum Gasteiger partial charge on any atom is -0.388 e. The summed E-state index contributed by atoms with van der Waals surface area (Å²) in [6.07, 6.45) is 5.41.